The standard InChI is InChI=1S/C22H33N5O2S.HI/c1-16-21(30-17(2)26-16)9-10-24-22(23-3)25-15-20(27-11-13-29-14-12-27)18-5-7-19(28-4)8-6-18;/h5-8,20H,9-15H2,1-4H3,(H2,23,24,25);1H. The Balaban J connectivity index is 0.00000341. The second-order valence-corrected chi connectivity index (χ2v) is 8.60. The van der Waals surface area contributed by atoms with Crippen LogP contribution in [0.15, 0.2) is 29.3 Å². The lowest BCUT2D eigenvalue weighted by Crippen LogP contribution is -2.46. The zero-order valence-corrected chi connectivity index (χ0v) is 22.0. The number of benzene rings is 1. The Hall–Kier alpha value is -1.43. The lowest BCUT2D eigenvalue weighted by molar-refractivity contribution is 0.0170. The Bertz CT molecular complexity index is 822. The molecular weight excluding hydrogens is 525 g/mol. The maximum atomic E-state index is 5.55. The van der Waals surface area contributed by atoms with Crippen LogP contribution < -0.4 is 15.4 Å². The minimum absolute atomic E-state index is 0. The van der Waals surface area contributed by atoms with Crippen LogP contribution in [-0.2, 0) is 11.2 Å². The van der Waals surface area contributed by atoms with Crippen LogP contribution in [0.5, 0.6) is 5.75 Å². The van der Waals surface area contributed by atoms with Gasteiger partial charge in [0.15, 0.2) is 5.96 Å². The predicted molar refractivity (Wildman–Crippen MR) is 138 cm³/mol. The van der Waals surface area contributed by atoms with E-state index in [4.69, 9.17) is 9.47 Å². The molecule has 7 nitrogen and oxygen atoms in total. The number of ether oxygens (including phenoxy) is 2. The summed E-state index contributed by atoms with van der Waals surface area (Å²) in [5.41, 5.74) is 2.39. The molecule has 1 aliphatic heterocycles. The van der Waals surface area contributed by atoms with Crippen molar-refractivity contribution in [3.63, 3.8) is 0 Å². The average Bonchev–Trinajstić information content (AvgIpc) is 3.10. The number of aliphatic imine (C=N–C) groups is 1. The molecule has 9 heteroatoms. The molecular formula is C22H34IN5O2S. The van der Waals surface area contributed by atoms with Gasteiger partial charge in [-0.25, -0.2) is 4.98 Å². The number of morpholine rings is 1. The number of thiazole rings is 1. The molecule has 2 N–H and O–H groups in total. The molecule has 1 aliphatic rings. The first-order chi connectivity index (χ1) is 14.6. The van der Waals surface area contributed by atoms with E-state index in [1.807, 2.05) is 19.2 Å². The number of nitrogens with one attached hydrogen (secondary N) is 2. The quantitative estimate of drug-likeness (QED) is 0.294. The third-order valence-electron chi connectivity index (χ3n) is 5.32. The monoisotopic (exact) mass is 559 g/mol. The lowest BCUT2D eigenvalue weighted by Gasteiger charge is -2.35. The smallest absolute Gasteiger partial charge is 0.191 e. The van der Waals surface area contributed by atoms with E-state index in [9.17, 15) is 0 Å². The highest BCUT2D eigenvalue weighted by atomic mass is 127. The van der Waals surface area contributed by atoms with Crippen LogP contribution >= 0.6 is 35.3 Å². The summed E-state index contributed by atoms with van der Waals surface area (Å²) < 4.78 is 10.9. The molecule has 0 aliphatic carbocycles. The normalized spacial score (nSPS) is 15.8. The molecule has 1 aromatic heterocycles. The van der Waals surface area contributed by atoms with Crippen LogP contribution in [0.1, 0.15) is 27.2 Å². The van der Waals surface area contributed by atoms with Crippen molar-refractivity contribution in [2.24, 2.45) is 4.99 Å². The summed E-state index contributed by atoms with van der Waals surface area (Å²) in [6.45, 7) is 9.12. The van der Waals surface area contributed by atoms with E-state index in [2.05, 4.69) is 51.5 Å². The molecule has 0 saturated carbocycles. The molecule has 1 aromatic carbocycles. The molecule has 1 saturated heterocycles. The summed E-state index contributed by atoms with van der Waals surface area (Å²) >= 11 is 1.77. The second kappa shape index (κ2) is 13.2. The van der Waals surface area contributed by atoms with Crippen molar-refractivity contribution in [2.75, 3.05) is 53.6 Å². The molecule has 2 aromatic rings. The average molecular weight is 560 g/mol. The fraction of sp³-hybridized carbons (Fsp3) is 0.545. The summed E-state index contributed by atoms with van der Waals surface area (Å²) in [5.74, 6) is 1.69. The molecule has 0 bridgehead atoms. The fourth-order valence-electron chi connectivity index (χ4n) is 3.69. The van der Waals surface area contributed by atoms with E-state index in [-0.39, 0.29) is 30.0 Å². The molecule has 0 spiro atoms. The van der Waals surface area contributed by atoms with E-state index in [0.29, 0.717) is 0 Å². The number of guanidine groups is 1. The zero-order valence-electron chi connectivity index (χ0n) is 18.8. The SMILES string of the molecule is CN=C(NCCc1sc(C)nc1C)NCC(c1ccc(OC)cc1)N1CCOCC1.I. The molecule has 0 amide bonds. The Morgan fingerprint density at radius 3 is 2.52 bits per heavy atom. The molecule has 0 radical (unpaired) electrons. The Morgan fingerprint density at radius 2 is 1.94 bits per heavy atom. The number of halogens is 1. The minimum atomic E-state index is 0. The number of aromatic nitrogens is 1. The van der Waals surface area contributed by atoms with Gasteiger partial charge in [0.25, 0.3) is 0 Å². The highest BCUT2D eigenvalue weighted by molar-refractivity contribution is 14.0. The first-order valence-electron chi connectivity index (χ1n) is 10.4. The number of methoxy groups -OCH3 is 1. The first-order valence-corrected chi connectivity index (χ1v) is 11.3. The van der Waals surface area contributed by atoms with Crippen LogP contribution in [0.4, 0.5) is 0 Å². The Morgan fingerprint density at radius 1 is 1.23 bits per heavy atom. The van der Waals surface area contributed by atoms with Gasteiger partial charge in [0.2, 0.25) is 0 Å². The maximum absolute atomic E-state index is 5.55. The van der Waals surface area contributed by atoms with Crippen LogP contribution in [0.25, 0.3) is 0 Å². The van der Waals surface area contributed by atoms with Crippen molar-refractivity contribution in [3.05, 3.63) is 45.4 Å². The van der Waals surface area contributed by atoms with E-state index < -0.39 is 0 Å². The minimum Gasteiger partial charge on any atom is -0.497 e. The Labute approximate surface area is 206 Å². The van der Waals surface area contributed by atoms with Gasteiger partial charge >= 0.3 is 0 Å². The third kappa shape index (κ3) is 7.58. The van der Waals surface area contributed by atoms with Crippen molar-refractivity contribution in [1.82, 2.24) is 20.5 Å². The Kier molecular flexibility index (Phi) is 11.0. The summed E-state index contributed by atoms with van der Waals surface area (Å²) in [6, 6.07) is 8.58. The molecule has 1 unspecified atom stereocenters. The number of hydrogen-bond acceptors (Lipinski definition) is 6. The number of aryl methyl sites for hydroxylation is 2. The van der Waals surface area contributed by atoms with Gasteiger partial charge in [-0.2, -0.15) is 0 Å². The van der Waals surface area contributed by atoms with Gasteiger partial charge in [0.1, 0.15) is 5.75 Å². The fourth-order valence-corrected chi connectivity index (χ4v) is 4.62. The zero-order chi connectivity index (χ0) is 21.3. The lowest BCUT2D eigenvalue weighted by atomic mass is 10.0. The summed E-state index contributed by atoms with van der Waals surface area (Å²) in [4.78, 5) is 12.7. The van der Waals surface area contributed by atoms with Gasteiger partial charge in [-0.3, -0.25) is 9.89 Å². The largest absolute Gasteiger partial charge is 0.497 e. The van der Waals surface area contributed by atoms with E-state index in [0.717, 1.165) is 68.2 Å². The maximum Gasteiger partial charge on any atom is 0.191 e. The predicted octanol–water partition coefficient (Wildman–Crippen LogP) is 3.17. The molecule has 1 atom stereocenters. The van der Waals surface area contributed by atoms with Crippen LogP contribution in [0, 0.1) is 13.8 Å². The summed E-state index contributed by atoms with van der Waals surface area (Å²) in [5, 5.41) is 8.07. The second-order valence-electron chi connectivity index (χ2n) is 7.31. The van der Waals surface area contributed by atoms with Crippen LogP contribution in [0.2, 0.25) is 0 Å². The van der Waals surface area contributed by atoms with Gasteiger partial charge in [0, 0.05) is 44.5 Å². The first kappa shape index (κ1) is 25.8. The number of nitrogens with zero attached hydrogens (tertiary/aromatic N) is 3. The van der Waals surface area contributed by atoms with Gasteiger partial charge in [-0.1, -0.05) is 12.1 Å². The van der Waals surface area contributed by atoms with Crippen LogP contribution in [0.3, 0.4) is 0 Å². The van der Waals surface area contributed by atoms with Crippen LogP contribution in [-0.4, -0.2) is 69.4 Å². The topological polar surface area (TPSA) is 71.0 Å². The van der Waals surface area contributed by atoms with Crippen molar-refractivity contribution >= 4 is 41.3 Å². The molecule has 172 valence electrons. The molecule has 3 rings (SSSR count). The van der Waals surface area contributed by atoms with Gasteiger partial charge in [-0.15, -0.1) is 35.3 Å². The highest BCUT2D eigenvalue weighted by Gasteiger charge is 2.23. The van der Waals surface area contributed by atoms with Gasteiger partial charge in [0.05, 0.1) is 37.1 Å². The van der Waals surface area contributed by atoms with Crippen molar-refractivity contribution < 1.29 is 9.47 Å². The third-order valence-corrected chi connectivity index (χ3v) is 6.45. The van der Waals surface area contributed by atoms with E-state index in [1.54, 1.807) is 18.4 Å². The summed E-state index contributed by atoms with van der Waals surface area (Å²) in [6.07, 6.45) is 0.948. The highest BCUT2D eigenvalue weighted by Crippen LogP contribution is 2.23. The number of hydrogen-bond donors (Lipinski definition) is 2. The molecule has 1 fully saturated rings. The van der Waals surface area contributed by atoms with Crippen molar-refractivity contribution in [1.29, 1.82) is 0 Å². The molecule has 31 heavy (non-hydrogen) atoms. The molecule has 2 heterocycles. The van der Waals surface area contributed by atoms with E-state index in [1.165, 1.54) is 10.4 Å². The van der Waals surface area contributed by atoms with Gasteiger partial charge in [-0.05, 0) is 31.5 Å². The van der Waals surface area contributed by atoms with Crippen molar-refractivity contribution in [2.45, 2.75) is 26.3 Å². The number of rotatable bonds is 8. The van der Waals surface area contributed by atoms with Crippen molar-refractivity contribution in [3.8, 4) is 5.75 Å². The van der Waals surface area contributed by atoms with Gasteiger partial charge < -0.3 is 20.1 Å². The summed E-state index contributed by atoms with van der Waals surface area (Å²) in [7, 11) is 3.51. The van der Waals surface area contributed by atoms with E-state index >= 15 is 0 Å².